The Balaban J connectivity index is 1.67. The van der Waals surface area contributed by atoms with Crippen molar-refractivity contribution in [3.8, 4) is 0 Å². The van der Waals surface area contributed by atoms with Crippen LogP contribution in [0.2, 0.25) is 0 Å². The number of carboxylic acid groups (broad SMARTS) is 1. The van der Waals surface area contributed by atoms with Crippen LogP contribution in [0.15, 0.2) is 60.8 Å². The van der Waals surface area contributed by atoms with Crippen LogP contribution in [0, 0.1) is 11.8 Å². The summed E-state index contributed by atoms with van der Waals surface area (Å²) in [6, 6.07) is 12.7. The molecule has 2 aromatic carbocycles. The topological polar surface area (TPSA) is 166 Å². The minimum absolute atomic E-state index is 0.0279. The summed E-state index contributed by atoms with van der Waals surface area (Å²) in [7, 11) is 0. The summed E-state index contributed by atoms with van der Waals surface area (Å²) in [5.74, 6) is -3.06. The van der Waals surface area contributed by atoms with E-state index in [2.05, 4.69) is 20.9 Å². The number of aromatic nitrogens is 1. The lowest BCUT2D eigenvalue weighted by molar-refractivity contribution is -0.142. The van der Waals surface area contributed by atoms with Gasteiger partial charge in [0.2, 0.25) is 17.7 Å². The Bertz CT molecular complexity index is 1340. The number of hydrogen-bond acceptors (Lipinski definition) is 5. The number of rotatable bonds is 14. The number of carbonyl (C=O) groups excluding carboxylic acids is 3. The molecule has 3 aromatic rings. The molecule has 7 N–H and O–H groups in total. The monoisotopic (exact) mass is 563 g/mol. The molecule has 4 atom stereocenters. The first kappa shape index (κ1) is 31.3. The second kappa shape index (κ2) is 14.5. The van der Waals surface area contributed by atoms with E-state index >= 15 is 0 Å². The van der Waals surface area contributed by atoms with Gasteiger partial charge in [0.05, 0.1) is 6.04 Å². The zero-order valence-electron chi connectivity index (χ0n) is 24.0. The van der Waals surface area contributed by atoms with Crippen LogP contribution in [0.1, 0.15) is 45.2 Å². The van der Waals surface area contributed by atoms with Crippen LogP contribution in [-0.4, -0.2) is 57.9 Å². The third kappa shape index (κ3) is 8.91. The molecule has 0 spiro atoms. The van der Waals surface area contributed by atoms with Crippen molar-refractivity contribution < 1.29 is 24.3 Å². The van der Waals surface area contributed by atoms with Gasteiger partial charge in [-0.25, -0.2) is 4.79 Å². The molecular weight excluding hydrogens is 522 g/mol. The van der Waals surface area contributed by atoms with E-state index in [0.717, 1.165) is 22.0 Å². The van der Waals surface area contributed by atoms with Gasteiger partial charge in [-0.2, -0.15) is 0 Å². The van der Waals surface area contributed by atoms with Gasteiger partial charge in [0, 0.05) is 23.5 Å². The van der Waals surface area contributed by atoms with Crippen molar-refractivity contribution in [2.45, 2.75) is 71.1 Å². The summed E-state index contributed by atoms with van der Waals surface area (Å²) in [6.45, 7) is 7.37. The predicted octanol–water partition coefficient (Wildman–Crippen LogP) is 2.52. The number of nitrogens with one attached hydrogen (secondary N) is 4. The normalized spacial score (nSPS) is 14.3. The van der Waals surface area contributed by atoms with E-state index in [0.29, 0.717) is 0 Å². The fourth-order valence-corrected chi connectivity index (χ4v) is 4.71. The van der Waals surface area contributed by atoms with E-state index in [1.165, 1.54) is 0 Å². The number of para-hydroxylation sites is 1. The number of fused-ring (bicyclic) bond motifs is 1. The molecule has 0 radical (unpaired) electrons. The Kier molecular flexibility index (Phi) is 11.0. The van der Waals surface area contributed by atoms with E-state index in [1.807, 2.05) is 50.4 Å². The van der Waals surface area contributed by atoms with Crippen LogP contribution >= 0.6 is 0 Å². The molecule has 0 saturated carbocycles. The first-order valence-electron chi connectivity index (χ1n) is 13.9. The molecule has 0 aliphatic carbocycles. The quantitative estimate of drug-likeness (QED) is 0.176. The molecule has 0 bridgehead atoms. The first-order valence-corrected chi connectivity index (χ1v) is 13.9. The minimum Gasteiger partial charge on any atom is -0.480 e. The Morgan fingerprint density at radius 2 is 1.44 bits per heavy atom. The van der Waals surface area contributed by atoms with Crippen molar-refractivity contribution in [2.24, 2.45) is 17.6 Å². The lowest BCUT2D eigenvalue weighted by atomic mass is 9.98. The van der Waals surface area contributed by atoms with Crippen LogP contribution in [0.25, 0.3) is 10.9 Å². The summed E-state index contributed by atoms with van der Waals surface area (Å²) < 4.78 is 0. The number of aromatic amines is 1. The zero-order valence-corrected chi connectivity index (χ0v) is 24.0. The van der Waals surface area contributed by atoms with Crippen molar-refractivity contribution >= 4 is 34.6 Å². The highest BCUT2D eigenvalue weighted by atomic mass is 16.4. The molecule has 1 heterocycles. The first-order chi connectivity index (χ1) is 19.5. The van der Waals surface area contributed by atoms with Gasteiger partial charge in [-0.05, 0) is 41.9 Å². The van der Waals surface area contributed by atoms with Crippen LogP contribution in [0.5, 0.6) is 0 Å². The van der Waals surface area contributed by atoms with Gasteiger partial charge in [-0.3, -0.25) is 14.4 Å². The zero-order chi connectivity index (χ0) is 30.1. The van der Waals surface area contributed by atoms with Gasteiger partial charge < -0.3 is 31.8 Å². The van der Waals surface area contributed by atoms with Crippen LogP contribution in [-0.2, 0) is 32.0 Å². The maximum absolute atomic E-state index is 13.4. The maximum atomic E-state index is 13.4. The molecule has 0 aliphatic heterocycles. The highest BCUT2D eigenvalue weighted by Gasteiger charge is 2.32. The number of nitrogens with two attached hydrogens (primary N) is 1. The SMILES string of the molecule is CC(C)CC(NC(=O)C(NC(=O)C(N)Cc1c[nH]c2ccccc12)C(C)C)C(=O)NC(Cc1ccccc1)C(=O)O. The van der Waals surface area contributed by atoms with E-state index in [-0.39, 0.29) is 31.1 Å². The third-order valence-corrected chi connectivity index (χ3v) is 6.94. The largest absolute Gasteiger partial charge is 0.480 e. The van der Waals surface area contributed by atoms with Gasteiger partial charge >= 0.3 is 5.97 Å². The number of benzene rings is 2. The molecular formula is C31H41N5O5. The van der Waals surface area contributed by atoms with Gasteiger partial charge in [0.1, 0.15) is 18.1 Å². The Labute approximate surface area is 240 Å². The Hall–Kier alpha value is -4.18. The molecule has 0 saturated heterocycles. The lowest BCUT2D eigenvalue weighted by Gasteiger charge is -2.27. The van der Waals surface area contributed by atoms with Crippen LogP contribution in [0.3, 0.4) is 0 Å². The molecule has 4 unspecified atom stereocenters. The lowest BCUT2D eigenvalue weighted by Crippen LogP contribution is -2.58. The van der Waals surface area contributed by atoms with Gasteiger partial charge in [-0.1, -0.05) is 76.2 Å². The average molecular weight is 564 g/mol. The summed E-state index contributed by atoms with van der Waals surface area (Å²) in [5.41, 5.74) is 8.83. The number of carbonyl (C=O) groups is 4. The van der Waals surface area contributed by atoms with Gasteiger partial charge in [-0.15, -0.1) is 0 Å². The second-order valence-corrected chi connectivity index (χ2v) is 11.2. The third-order valence-electron chi connectivity index (χ3n) is 6.94. The maximum Gasteiger partial charge on any atom is 0.326 e. The van der Waals surface area contributed by atoms with E-state index in [4.69, 9.17) is 5.73 Å². The van der Waals surface area contributed by atoms with Crippen molar-refractivity contribution in [1.82, 2.24) is 20.9 Å². The van der Waals surface area contributed by atoms with Gasteiger partial charge in [0.25, 0.3) is 0 Å². The van der Waals surface area contributed by atoms with Crippen molar-refractivity contribution in [3.63, 3.8) is 0 Å². The summed E-state index contributed by atoms with van der Waals surface area (Å²) in [6.07, 6.45) is 2.48. The molecule has 10 nitrogen and oxygen atoms in total. The fourth-order valence-electron chi connectivity index (χ4n) is 4.71. The smallest absolute Gasteiger partial charge is 0.326 e. The molecule has 10 heteroatoms. The second-order valence-electron chi connectivity index (χ2n) is 11.2. The number of H-pyrrole nitrogens is 1. The summed E-state index contributed by atoms with van der Waals surface area (Å²) in [5, 5.41) is 18.8. The number of carboxylic acids is 1. The average Bonchev–Trinajstić information content (AvgIpc) is 3.33. The standard InChI is InChI=1S/C31H41N5O5/c1-18(2)14-25(29(38)35-26(31(40)41)15-20-10-6-5-7-11-20)34-30(39)27(19(3)4)36-28(37)23(32)16-21-17-33-24-13-9-8-12-22(21)24/h5-13,17-19,23,25-27,33H,14-16,32H2,1-4H3,(H,34,39)(H,35,38)(H,36,37)(H,40,41). The molecule has 41 heavy (non-hydrogen) atoms. The van der Waals surface area contributed by atoms with Crippen LogP contribution in [0.4, 0.5) is 0 Å². The molecule has 0 aliphatic rings. The van der Waals surface area contributed by atoms with Crippen molar-refractivity contribution in [1.29, 1.82) is 0 Å². The van der Waals surface area contributed by atoms with Crippen molar-refractivity contribution in [2.75, 3.05) is 0 Å². The molecule has 3 amide bonds. The highest BCUT2D eigenvalue weighted by molar-refractivity contribution is 5.94. The molecule has 1 aromatic heterocycles. The molecule has 3 rings (SSSR count). The summed E-state index contributed by atoms with van der Waals surface area (Å²) >= 11 is 0. The van der Waals surface area contributed by atoms with E-state index in [9.17, 15) is 24.3 Å². The Morgan fingerprint density at radius 3 is 2.07 bits per heavy atom. The number of amides is 3. The number of hydrogen-bond donors (Lipinski definition) is 6. The van der Waals surface area contributed by atoms with E-state index < -0.39 is 47.9 Å². The Morgan fingerprint density at radius 1 is 0.805 bits per heavy atom. The van der Waals surface area contributed by atoms with Crippen LogP contribution < -0.4 is 21.7 Å². The fraction of sp³-hybridized carbons (Fsp3) is 0.419. The predicted molar refractivity (Wildman–Crippen MR) is 158 cm³/mol. The number of aliphatic carboxylic acids is 1. The van der Waals surface area contributed by atoms with Crippen molar-refractivity contribution in [3.05, 3.63) is 71.9 Å². The highest BCUT2D eigenvalue weighted by Crippen LogP contribution is 2.19. The minimum atomic E-state index is -1.17. The summed E-state index contributed by atoms with van der Waals surface area (Å²) in [4.78, 5) is 54.7. The molecule has 0 fully saturated rings. The van der Waals surface area contributed by atoms with E-state index in [1.54, 1.807) is 38.1 Å². The van der Waals surface area contributed by atoms with Gasteiger partial charge in [0.15, 0.2) is 0 Å². The molecule has 220 valence electrons.